The summed E-state index contributed by atoms with van der Waals surface area (Å²) in [5, 5.41) is 2.79. The van der Waals surface area contributed by atoms with Gasteiger partial charge in [0.25, 0.3) is 5.91 Å². The molecule has 1 heterocycles. The zero-order chi connectivity index (χ0) is 18.8. The Bertz CT molecular complexity index is 1060. The normalized spacial score (nSPS) is 11.4. The Morgan fingerprint density at radius 3 is 2.48 bits per heavy atom. The van der Waals surface area contributed by atoms with Gasteiger partial charge >= 0.3 is 0 Å². The first-order valence-corrected chi connectivity index (χ1v) is 9.75. The molecule has 27 heavy (non-hydrogen) atoms. The van der Waals surface area contributed by atoms with Gasteiger partial charge in [0, 0.05) is 18.7 Å². The van der Waals surface area contributed by atoms with Gasteiger partial charge in [-0.3, -0.25) is 9.69 Å². The second-order valence-electron chi connectivity index (χ2n) is 6.75. The number of hydrogen-bond acceptors (Lipinski definition) is 4. The number of fused-ring (bicyclic) bond motifs is 2. The topological polar surface area (TPSA) is 36.4 Å². The number of rotatable bonds is 5. The van der Waals surface area contributed by atoms with E-state index in [0.29, 0.717) is 12.1 Å². The van der Waals surface area contributed by atoms with Gasteiger partial charge in [-0.05, 0) is 43.1 Å². The van der Waals surface area contributed by atoms with Crippen molar-refractivity contribution in [2.45, 2.75) is 0 Å². The smallest absolute Gasteiger partial charge is 0.260 e. The first-order chi connectivity index (χ1) is 13.1. The van der Waals surface area contributed by atoms with E-state index in [1.54, 1.807) is 11.3 Å². The largest absolute Gasteiger partial charge is 0.308 e. The van der Waals surface area contributed by atoms with E-state index in [1.807, 2.05) is 85.7 Å². The molecular weight excluding hydrogens is 354 g/mol. The lowest BCUT2D eigenvalue weighted by Gasteiger charge is -2.22. The van der Waals surface area contributed by atoms with Crippen molar-refractivity contribution in [2.75, 3.05) is 32.1 Å². The lowest BCUT2D eigenvalue weighted by molar-refractivity contribution is 0.0987. The lowest BCUT2D eigenvalue weighted by Crippen LogP contribution is -2.36. The number of thiazole rings is 1. The number of benzene rings is 3. The van der Waals surface area contributed by atoms with E-state index < -0.39 is 0 Å². The maximum atomic E-state index is 13.5. The fraction of sp³-hybridized carbons (Fsp3) is 0.182. The molecule has 0 saturated heterocycles. The molecule has 0 aliphatic carbocycles. The van der Waals surface area contributed by atoms with E-state index >= 15 is 0 Å². The first kappa shape index (κ1) is 17.6. The minimum atomic E-state index is -0.00675. The Morgan fingerprint density at radius 1 is 0.926 bits per heavy atom. The number of hydrogen-bond donors (Lipinski definition) is 0. The van der Waals surface area contributed by atoms with Gasteiger partial charge in [-0.1, -0.05) is 59.9 Å². The summed E-state index contributed by atoms with van der Waals surface area (Å²) in [5.74, 6) is -0.00675. The van der Waals surface area contributed by atoms with Crippen LogP contribution in [0.25, 0.3) is 21.0 Å². The SMILES string of the molecule is CN(C)CCN(C(=O)c1cccc2ccccc12)c1nc2ccccc2s1. The first-order valence-electron chi connectivity index (χ1n) is 8.93. The van der Waals surface area contributed by atoms with Crippen LogP contribution in [0.3, 0.4) is 0 Å². The molecule has 0 N–H and O–H groups in total. The molecule has 4 rings (SSSR count). The molecule has 1 amide bonds. The number of carbonyl (C=O) groups excluding carboxylic acids is 1. The Labute approximate surface area is 162 Å². The van der Waals surface area contributed by atoms with Crippen LogP contribution in [0, 0.1) is 0 Å². The molecule has 0 atom stereocenters. The van der Waals surface area contributed by atoms with Crippen molar-refractivity contribution in [3.63, 3.8) is 0 Å². The molecule has 0 saturated carbocycles. The molecule has 0 spiro atoms. The van der Waals surface area contributed by atoms with Crippen LogP contribution in [0.5, 0.6) is 0 Å². The molecule has 1 aromatic heterocycles. The Hall–Kier alpha value is -2.76. The van der Waals surface area contributed by atoms with Gasteiger partial charge in [0.2, 0.25) is 0 Å². The molecule has 0 aliphatic rings. The van der Waals surface area contributed by atoms with Crippen molar-refractivity contribution in [2.24, 2.45) is 0 Å². The molecule has 0 radical (unpaired) electrons. The van der Waals surface area contributed by atoms with E-state index in [9.17, 15) is 4.79 Å². The molecule has 136 valence electrons. The quantitative estimate of drug-likeness (QED) is 0.509. The molecule has 0 fully saturated rings. The van der Waals surface area contributed by atoms with Gasteiger partial charge in [-0.25, -0.2) is 4.98 Å². The minimum absolute atomic E-state index is 0.00675. The summed E-state index contributed by atoms with van der Waals surface area (Å²) in [5.41, 5.74) is 1.64. The number of aromatic nitrogens is 1. The van der Waals surface area contributed by atoms with Crippen LogP contribution in [-0.4, -0.2) is 43.0 Å². The lowest BCUT2D eigenvalue weighted by atomic mass is 10.0. The standard InChI is InChI=1S/C22H21N3OS/c1-24(2)14-15-25(22-23-19-12-5-6-13-20(19)27-22)21(26)18-11-7-9-16-8-3-4-10-17(16)18/h3-13H,14-15H2,1-2H3. The summed E-state index contributed by atoms with van der Waals surface area (Å²) in [7, 11) is 4.03. The fourth-order valence-electron chi connectivity index (χ4n) is 3.12. The number of carbonyl (C=O) groups is 1. The summed E-state index contributed by atoms with van der Waals surface area (Å²) < 4.78 is 1.09. The molecule has 0 unspecified atom stereocenters. The summed E-state index contributed by atoms with van der Waals surface area (Å²) in [6.45, 7) is 1.36. The predicted octanol–water partition coefficient (Wildman–Crippen LogP) is 4.66. The van der Waals surface area contributed by atoms with E-state index in [-0.39, 0.29) is 5.91 Å². The molecule has 4 nitrogen and oxygen atoms in total. The zero-order valence-electron chi connectivity index (χ0n) is 15.4. The highest BCUT2D eigenvalue weighted by molar-refractivity contribution is 7.22. The van der Waals surface area contributed by atoms with Crippen molar-refractivity contribution in [1.82, 2.24) is 9.88 Å². The van der Waals surface area contributed by atoms with Gasteiger partial charge in [0.05, 0.1) is 10.2 Å². The van der Waals surface area contributed by atoms with E-state index in [4.69, 9.17) is 4.98 Å². The van der Waals surface area contributed by atoms with E-state index in [2.05, 4.69) is 4.90 Å². The third-order valence-corrected chi connectivity index (χ3v) is 5.61. The van der Waals surface area contributed by atoms with Crippen LogP contribution in [0.1, 0.15) is 10.4 Å². The molecule has 0 bridgehead atoms. The average molecular weight is 375 g/mol. The summed E-state index contributed by atoms with van der Waals surface area (Å²) in [6.07, 6.45) is 0. The number of para-hydroxylation sites is 1. The number of nitrogens with zero attached hydrogens (tertiary/aromatic N) is 3. The van der Waals surface area contributed by atoms with Crippen molar-refractivity contribution >= 4 is 43.4 Å². The highest BCUT2D eigenvalue weighted by atomic mass is 32.1. The number of anilines is 1. The third kappa shape index (κ3) is 3.56. The predicted molar refractivity (Wildman–Crippen MR) is 114 cm³/mol. The summed E-state index contributed by atoms with van der Waals surface area (Å²) in [6, 6.07) is 21.9. The molecular formula is C22H21N3OS. The average Bonchev–Trinajstić information content (AvgIpc) is 3.11. The zero-order valence-corrected chi connectivity index (χ0v) is 16.2. The second kappa shape index (κ2) is 7.47. The third-order valence-electron chi connectivity index (χ3n) is 4.55. The van der Waals surface area contributed by atoms with Gasteiger partial charge in [0.1, 0.15) is 0 Å². The second-order valence-corrected chi connectivity index (χ2v) is 7.76. The molecule has 4 aromatic rings. The highest BCUT2D eigenvalue weighted by Crippen LogP contribution is 2.30. The van der Waals surface area contributed by atoms with Crippen molar-refractivity contribution in [1.29, 1.82) is 0 Å². The Morgan fingerprint density at radius 2 is 1.67 bits per heavy atom. The van der Waals surface area contributed by atoms with Crippen LogP contribution in [0.4, 0.5) is 5.13 Å². The highest BCUT2D eigenvalue weighted by Gasteiger charge is 2.22. The Balaban J connectivity index is 1.78. The monoisotopic (exact) mass is 375 g/mol. The number of amides is 1. The fourth-order valence-corrected chi connectivity index (χ4v) is 4.11. The van der Waals surface area contributed by atoms with Crippen LogP contribution in [-0.2, 0) is 0 Å². The van der Waals surface area contributed by atoms with Crippen LogP contribution in [0.15, 0.2) is 66.7 Å². The van der Waals surface area contributed by atoms with Gasteiger partial charge in [0.15, 0.2) is 5.13 Å². The van der Waals surface area contributed by atoms with E-state index in [1.165, 1.54) is 0 Å². The Kier molecular flexibility index (Phi) is 4.88. The maximum Gasteiger partial charge on any atom is 0.260 e. The maximum absolute atomic E-state index is 13.5. The summed E-state index contributed by atoms with van der Waals surface area (Å²) in [4.78, 5) is 22.1. The van der Waals surface area contributed by atoms with Crippen molar-refractivity contribution in [3.05, 3.63) is 72.3 Å². The van der Waals surface area contributed by atoms with E-state index in [0.717, 1.165) is 32.7 Å². The van der Waals surface area contributed by atoms with Crippen LogP contribution in [0.2, 0.25) is 0 Å². The summed E-state index contributed by atoms with van der Waals surface area (Å²) >= 11 is 1.56. The molecule has 0 aliphatic heterocycles. The van der Waals surface area contributed by atoms with Gasteiger partial charge in [-0.15, -0.1) is 0 Å². The molecule has 5 heteroatoms. The van der Waals surface area contributed by atoms with Crippen LogP contribution >= 0.6 is 11.3 Å². The van der Waals surface area contributed by atoms with Gasteiger partial charge in [-0.2, -0.15) is 0 Å². The van der Waals surface area contributed by atoms with Gasteiger partial charge < -0.3 is 4.90 Å². The van der Waals surface area contributed by atoms with Crippen molar-refractivity contribution in [3.8, 4) is 0 Å². The van der Waals surface area contributed by atoms with Crippen LogP contribution < -0.4 is 4.90 Å². The minimum Gasteiger partial charge on any atom is -0.308 e. The van der Waals surface area contributed by atoms with Crippen molar-refractivity contribution < 1.29 is 4.79 Å². The molecule has 3 aromatic carbocycles. The number of likely N-dealkylation sites (N-methyl/N-ethyl adjacent to an activating group) is 1.